The fraction of sp³-hybridized carbons (Fsp3) is 0.267. The Morgan fingerprint density at radius 3 is 2.70 bits per heavy atom. The van der Waals surface area contributed by atoms with Crippen molar-refractivity contribution < 1.29 is 13.9 Å². The van der Waals surface area contributed by atoms with E-state index in [2.05, 4.69) is 10.6 Å². The van der Waals surface area contributed by atoms with Gasteiger partial charge in [0.1, 0.15) is 11.5 Å². The molecule has 0 aliphatic heterocycles. The second kappa shape index (κ2) is 7.35. The van der Waals surface area contributed by atoms with Crippen molar-refractivity contribution in [1.29, 1.82) is 0 Å². The van der Waals surface area contributed by atoms with Gasteiger partial charge in [0, 0.05) is 18.7 Å². The summed E-state index contributed by atoms with van der Waals surface area (Å²) < 4.78 is 10.2. The number of hydrogen-bond donors (Lipinski definition) is 2. The van der Waals surface area contributed by atoms with Crippen LogP contribution >= 0.6 is 0 Å². The number of benzene rings is 1. The van der Waals surface area contributed by atoms with E-state index in [4.69, 9.17) is 9.15 Å². The molecule has 0 bridgehead atoms. The molecule has 1 heterocycles. The van der Waals surface area contributed by atoms with Crippen LogP contribution < -0.4 is 15.4 Å². The van der Waals surface area contributed by atoms with Crippen LogP contribution in [0, 0.1) is 0 Å². The molecule has 0 fully saturated rings. The van der Waals surface area contributed by atoms with Gasteiger partial charge in [-0.25, -0.2) is 0 Å². The predicted molar refractivity (Wildman–Crippen MR) is 76.7 cm³/mol. The fourth-order valence-electron chi connectivity index (χ4n) is 1.72. The fourth-order valence-corrected chi connectivity index (χ4v) is 1.72. The van der Waals surface area contributed by atoms with Gasteiger partial charge in [-0.3, -0.25) is 4.79 Å². The van der Waals surface area contributed by atoms with E-state index in [9.17, 15) is 4.79 Å². The molecule has 5 nitrogen and oxygen atoms in total. The minimum atomic E-state index is -0.0258. The Bertz CT molecular complexity index is 521. The van der Waals surface area contributed by atoms with Crippen LogP contribution in [0.3, 0.4) is 0 Å². The molecule has 1 amide bonds. The SMILES string of the molecule is COc1ccc(NC(=O)CCNCc2ccco2)cc1. The van der Waals surface area contributed by atoms with E-state index >= 15 is 0 Å². The van der Waals surface area contributed by atoms with Crippen LogP contribution in [-0.2, 0) is 11.3 Å². The summed E-state index contributed by atoms with van der Waals surface area (Å²) in [6.45, 7) is 1.23. The Balaban J connectivity index is 1.66. The third-order valence-corrected chi connectivity index (χ3v) is 2.78. The van der Waals surface area contributed by atoms with Gasteiger partial charge in [-0.05, 0) is 36.4 Å². The number of ether oxygens (including phenoxy) is 1. The number of methoxy groups -OCH3 is 1. The highest BCUT2D eigenvalue weighted by Crippen LogP contribution is 2.14. The highest BCUT2D eigenvalue weighted by Gasteiger charge is 2.02. The average Bonchev–Trinajstić information content (AvgIpc) is 2.98. The molecule has 0 saturated heterocycles. The summed E-state index contributed by atoms with van der Waals surface area (Å²) in [5.41, 5.74) is 0.766. The third-order valence-electron chi connectivity index (χ3n) is 2.78. The number of anilines is 1. The predicted octanol–water partition coefficient (Wildman–Crippen LogP) is 2.41. The monoisotopic (exact) mass is 274 g/mol. The van der Waals surface area contributed by atoms with Gasteiger partial charge in [0.05, 0.1) is 19.9 Å². The quantitative estimate of drug-likeness (QED) is 0.761. The van der Waals surface area contributed by atoms with Crippen molar-refractivity contribution in [3.63, 3.8) is 0 Å². The topological polar surface area (TPSA) is 63.5 Å². The Morgan fingerprint density at radius 1 is 1.25 bits per heavy atom. The number of carbonyl (C=O) groups is 1. The van der Waals surface area contributed by atoms with Crippen LogP contribution in [0.4, 0.5) is 5.69 Å². The normalized spacial score (nSPS) is 10.2. The van der Waals surface area contributed by atoms with Crippen molar-refractivity contribution in [2.45, 2.75) is 13.0 Å². The van der Waals surface area contributed by atoms with Crippen molar-refractivity contribution in [2.75, 3.05) is 19.0 Å². The van der Waals surface area contributed by atoms with Crippen LogP contribution in [0.2, 0.25) is 0 Å². The van der Waals surface area contributed by atoms with Gasteiger partial charge in [0.15, 0.2) is 0 Å². The zero-order chi connectivity index (χ0) is 14.2. The molecule has 0 atom stereocenters. The summed E-state index contributed by atoms with van der Waals surface area (Å²) in [6.07, 6.45) is 2.04. The first kappa shape index (κ1) is 14.1. The molecule has 0 saturated carbocycles. The Morgan fingerprint density at radius 2 is 2.05 bits per heavy atom. The summed E-state index contributed by atoms with van der Waals surface area (Å²) in [5, 5.41) is 5.98. The summed E-state index contributed by atoms with van der Waals surface area (Å²) in [4.78, 5) is 11.7. The molecule has 2 aromatic rings. The molecule has 0 radical (unpaired) electrons. The maximum atomic E-state index is 11.7. The van der Waals surface area contributed by atoms with Crippen LogP contribution in [-0.4, -0.2) is 19.6 Å². The number of amides is 1. The van der Waals surface area contributed by atoms with E-state index in [0.717, 1.165) is 17.2 Å². The van der Waals surface area contributed by atoms with Gasteiger partial charge >= 0.3 is 0 Å². The highest BCUT2D eigenvalue weighted by atomic mass is 16.5. The van der Waals surface area contributed by atoms with Crippen LogP contribution in [0.5, 0.6) is 5.75 Å². The molecule has 2 N–H and O–H groups in total. The van der Waals surface area contributed by atoms with Crippen molar-refractivity contribution in [2.24, 2.45) is 0 Å². The summed E-state index contributed by atoms with van der Waals surface area (Å²) in [6, 6.07) is 11.0. The van der Waals surface area contributed by atoms with E-state index in [-0.39, 0.29) is 5.91 Å². The van der Waals surface area contributed by atoms with Gasteiger partial charge in [0.2, 0.25) is 5.91 Å². The molecular formula is C15H18N2O3. The molecule has 106 valence electrons. The molecule has 0 aliphatic carbocycles. The van der Waals surface area contributed by atoms with Crippen LogP contribution in [0.15, 0.2) is 47.1 Å². The lowest BCUT2D eigenvalue weighted by Crippen LogP contribution is -2.21. The summed E-state index contributed by atoms with van der Waals surface area (Å²) in [5.74, 6) is 1.60. The van der Waals surface area contributed by atoms with Gasteiger partial charge in [-0.1, -0.05) is 0 Å². The summed E-state index contributed by atoms with van der Waals surface area (Å²) >= 11 is 0. The first-order valence-electron chi connectivity index (χ1n) is 6.45. The molecule has 1 aromatic carbocycles. The zero-order valence-electron chi connectivity index (χ0n) is 11.4. The Kier molecular flexibility index (Phi) is 5.20. The van der Waals surface area contributed by atoms with Gasteiger partial charge < -0.3 is 19.8 Å². The van der Waals surface area contributed by atoms with Crippen LogP contribution in [0.25, 0.3) is 0 Å². The molecule has 1 aromatic heterocycles. The van der Waals surface area contributed by atoms with E-state index in [1.54, 1.807) is 13.4 Å². The molecule has 0 aliphatic rings. The zero-order valence-corrected chi connectivity index (χ0v) is 11.4. The van der Waals surface area contributed by atoms with E-state index in [1.807, 2.05) is 36.4 Å². The smallest absolute Gasteiger partial charge is 0.225 e. The first-order chi connectivity index (χ1) is 9.78. The molecule has 0 spiro atoms. The number of rotatable bonds is 7. The molecule has 2 rings (SSSR count). The molecule has 5 heteroatoms. The average molecular weight is 274 g/mol. The van der Waals surface area contributed by atoms with Crippen molar-refractivity contribution >= 4 is 11.6 Å². The van der Waals surface area contributed by atoms with Gasteiger partial charge in [-0.2, -0.15) is 0 Å². The second-order valence-corrected chi connectivity index (χ2v) is 4.28. The number of carbonyl (C=O) groups excluding carboxylic acids is 1. The number of furan rings is 1. The Hall–Kier alpha value is -2.27. The molecular weight excluding hydrogens is 256 g/mol. The van der Waals surface area contributed by atoms with Gasteiger partial charge in [-0.15, -0.1) is 0 Å². The number of nitrogens with one attached hydrogen (secondary N) is 2. The maximum Gasteiger partial charge on any atom is 0.225 e. The second-order valence-electron chi connectivity index (χ2n) is 4.28. The minimum Gasteiger partial charge on any atom is -0.497 e. The van der Waals surface area contributed by atoms with Crippen LogP contribution in [0.1, 0.15) is 12.2 Å². The minimum absolute atomic E-state index is 0.0258. The highest BCUT2D eigenvalue weighted by molar-refractivity contribution is 5.90. The van der Waals surface area contributed by atoms with Crippen molar-refractivity contribution in [1.82, 2.24) is 5.32 Å². The van der Waals surface area contributed by atoms with Gasteiger partial charge in [0.25, 0.3) is 0 Å². The largest absolute Gasteiger partial charge is 0.497 e. The first-order valence-corrected chi connectivity index (χ1v) is 6.45. The number of hydrogen-bond acceptors (Lipinski definition) is 4. The Labute approximate surface area is 117 Å². The standard InChI is InChI=1S/C15H18N2O3/c1-19-13-6-4-12(5-7-13)17-15(18)8-9-16-11-14-3-2-10-20-14/h2-7,10,16H,8-9,11H2,1H3,(H,17,18). The van der Waals surface area contributed by atoms with E-state index < -0.39 is 0 Å². The summed E-state index contributed by atoms with van der Waals surface area (Å²) in [7, 11) is 1.61. The third kappa shape index (κ3) is 4.44. The van der Waals surface area contributed by atoms with Crippen molar-refractivity contribution in [3.8, 4) is 5.75 Å². The van der Waals surface area contributed by atoms with E-state index in [1.165, 1.54) is 0 Å². The lowest BCUT2D eigenvalue weighted by Gasteiger charge is -2.06. The lowest BCUT2D eigenvalue weighted by molar-refractivity contribution is -0.116. The maximum absolute atomic E-state index is 11.7. The molecule has 20 heavy (non-hydrogen) atoms. The molecule has 0 unspecified atom stereocenters. The van der Waals surface area contributed by atoms with Crippen molar-refractivity contribution in [3.05, 3.63) is 48.4 Å². The van der Waals surface area contributed by atoms with E-state index in [0.29, 0.717) is 19.5 Å². The lowest BCUT2D eigenvalue weighted by atomic mass is 10.3.